The Morgan fingerprint density at radius 3 is 2.95 bits per heavy atom. The van der Waals surface area contributed by atoms with Crippen molar-refractivity contribution in [3.8, 4) is 0 Å². The Bertz CT molecular complexity index is 490. The van der Waals surface area contributed by atoms with E-state index < -0.39 is 0 Å². The maximum atomic E-state index is 12.0. The SMILES string of the molecule is CCNC(=O)c1sc(N2CCC(OC)C2)c(SC)c1N. The summed E-state index contributed by atoms with van der Waals surface area (Å²) in [5.74, 6) is -0.0842. The second-order valence-electron chi connectivity index (χ2n) is 4.64. The van der Waals surface area contributed by atoms with Gasteiger partial charge >= 0.3 is 0 Å². The molecule has 1 aliphatic heterocycles. The topological polar surface area (TPSA) is 67.6 Å². The van der Waals surface area contributed by atoms with Gasteiger partial charge in [-0.05, 0) is 19.6 Å². The minimum atomic E-state index is -0.0842. The molecular formula is C13H21N3O2S2. The number of nitrogen functional groups attached to an aromatic ring is 1. The summed E-state index contributed by atoms with van der Waals surface area (Å²) in [6.07, 6.45) is 3.27. The van der Waals surface area contributed by atoms with Gasteiger partial charge in [0.15, 0.2) is 0 Å². The summed E-state index contributed by atoms with van der Waals surface area (Å²) in [7, 11) is 1.74. The van der Waals surface area contributed by atoms with Crippen LogP contribution in [-0.2, 0) is 4.74 Å². The van der Waals surface area contributed by atoms with E-state index >= 15 is 0 Å². The standard InChI is InChI=1S/C13H21N3O2S2/c1-4-15-12(17)10-9(14)11(19-3)13(20-10)16-6-5-8(7-16)18-2/h8H,4-7,14H2,1-3H3,(H,15,17). The summed E-state index contributed by atoms with van der Waals surface area (Å²) in [6.45, 7) is 4.32. The molecule has 0 saturated carbocycles. The Hall–Kier alpha value is -0.920. The number of ether oxygens (including phenoxy) is 1. The maximum Gasteiger partial charge on any atom is 0.263 e. The minimum Gasteiger partial charge on any atom is -0.396 e. The smallest absolute Gasteiger partial charge is 0.263 e. The fraction of sp³-hybridized carbons (Fsp3) is 0.615. The summed E-state index contributed by atoms with van der Waals surface area (Å²) in [6, 6.07) is 0. The Kier molecular flexibility index (Phi) is 5.17. The molecule has 0 aliphatic carbocycles. The highest BCUT2D eigenvalue weighted by Gasteiger charge is 2.29. The van der Waals surface area contributed by atoms with E-state index in [0.29, 0.717) is 17.1 Å². The first-order valence-electron chi connectivity index (χ1n) is 6.64. The van der Waals surface area contributed by atoms with Crippen LogP contribution in [0.5, 0.6) is 0 Å². The number of nitrogens with two attached hydrogens (primary N) is 1. The summed E-state index contributed by atoms with van der Waals surface area (Å²) < 4.78 is 5.41. The van der Waals surface area contributed by atoms with Gasteiger partial charge in [0.25, 0.3) is 5.91 Å². The Labute approximate surface area is 127 Å². The fourth-order valence-corrected chi connectivity index (χ4v) is 4.47. The van der Waals surface area contributed by atoms with Gasteiger partial charge < -0.3 is 20.7 Å². The van der Waals surface area contributed by atoms with Gasteiger partial charge in [-0.3, -0.25) is 4.79 Å². The first-order chi connectivity index (χ1) is 9.62. The largest absolute Gasteiger partial charge is 0.396 e. The van der Waals surface area contributed by atoms with Gasteiger partial charge in [0.2, 0.25) is 0 Å². The molecule has 20 heavy (non-hydrogen) atoms. The van der Waals surface area contributed by atoms with Gasteiger partial charge in [-0.1, -0.05) is 0 Å². The van der Waals surface area contributed by atoms with Crippen molar-refractivity contribution in [2.45, 2.75) is 24.3 Å². The third-order valence-electron chi connectivity index (χ3n) is 3.40. The molecule has 1 unspecified atom stereocenters. The van der Waals surface area contributed by atoms with E-state index in [2.05, 4.69) is 10.2 Å². The normalized spacial score (nSPS) is 18.6. The van der Waals surface area contributed by atoms with Crippen molar-refractivity contribution in [3.63, 3.8) is 0 Å². The first kappa shape index (κ1) is 15.5. The zero-order chi connectivity index (χ0) is 14.7. The van der Waals surface area contributed by atoms with Crippen molar-refractivity contribution in [1.82, 2.24) is 5.32 Å². The second kappa shape index (κ2) is 6.69. The van der Waals surface area contributed by atoms with Crippen LogP contribution in [0.25, 0.3) is 0 Å². The first-order valence-corrected chi connectivity index (χ1v) is 8.68. The van der Waals surface area contributed by atoms with Crippen LogP contribution in [0.4, 0.5) is 10.7 Å². The predicted molar refractivity (Wildman–Crippen MR) is 86.1 cm³/mol. The third kappa shape index (κ3) is 2.89. The zero-order valence-electron chi connectivity index (χ0n) is 12.1. The van der Waals surface area contributed by atoms with E-state index in [1.54, 1.807) is 18.9 Å². The number of amides is 1. The lowest BCUT2D eigenvalue weighted by Gasteiger charge is -2.17. The number of nitrogens with one attached hydrogen (secondary N) is 1. The van der Waals surface area contributed by atoms with E-state index in [4.69, 9.17) is 10.5 Å². The summed E-state index contributed by atoms with van der Waals surface area (Å²) >= 11 is 3.08. The molecule has 0 radical (unpaired) electrons. The summed E-state index contributed by atoms with van der Waals surface area (Å²) in [5.41, 5.74) is 6.75. The molecule has 0 aromatic carbocycles. The van der Waals surface area contributed by atoms with Crippen LogP contribution in [0.1, 0.15) is 23.0 Å². The number of anilines is 2. The minimum absolute atomic E-state index is 0.0842. The molecule has 1 saturated heterocycles. The lowest BCUT2D eigenvalue weighted by molar-refractivity contribution is 0.0960. The molecule has 1 aliphatic rings. The van der Waals surface area contributed by atoms with E-state index in [1.165, 1.54) is 11.3 Å². The van der Waals surface area contributed by atoms with Crippen LogP contribution in [0.3, 0.4) is 0 Å². The van der Waals surface area contributed by atoms with Gasteiger partial charge in [-0.2, -0.15) is 0 Å². The van der Waals surface area contributed by atoms with Gasteiger partial charge in [0, 0.05) is 26.7 Å². The van der Waals surface area contributed by atoms with Crippen molar-refractivity contribution >= 4 is 39.7 Å². The Balaban J connectivity index is 2.29. The number of hydrogen-bond donors (Lipinski definition) is 2. The molecule has 2 rings (SSSR count). The lowest BCUT2D eigenvalue weighted by Crippen LogP contribution is -2.22. The number of thiophene rings is 1. The molecule has 0 spiro atoms. The van der Waals surface area contributed by atoms with Crippen LogP contribution in [0, 0.1) is 0 Å². The molecule has 1 atom stereocenters. The quantitative estimate of drug-likeness (QED) is 0.814. The number of carbonyl (C=O) groups is 1. The number of rotatable bonds is 5. The summed E-state index contributed by atoms with van der Waals surface area (Å²) in [5, 5.41) is 3.91. The number of methoxy groups -OCH3 is 1. The zero-order valence-corrected chi connectivity index (χ0v) is 13.7. The van der Waals surface area contributed by atoms with Gasteiger partial charge in [-0.25, -0.2) is 0 Å². The molecular weight excluding hydrogens is 294 g/mol. The highest BCUT2D eigenvalue weighted by atomic mass is 32.2. The lowest BCUT2D eigenvalue weighted by atomic mass is 10.3. The van der Waals surface area contributed by atoms with Crippen LogP contribution < -0.4 is 16.0 Å². The summed E-state index contributed by atoms with van der Waals surface area (Å²) in [4.78, 5) is 15.9. The van der Waals surface area contributed by atoms with Crippen molar-refractivity contribution < 1.29 is 9.53 Å². The third-order valence-corrected chi connectivity index (χ3v) is 5.61. The molecule has 0 bridgehead atoms. The second-order valence-corrected chi connectivity index (χ2v) is 6.45. The van der Waals surface area contributed by atoms with Gasteiger partial charge in [-0.15, -0.1) is 23.1 Å². The molecule has 1 aromatic rings. The van der Waals surface area contributed by atoms with Crippen molar-refractivity contribution in [2.75, 3.05) is 43.6 Å². The van der Waals surface area contributed by atoms with E-state index in [-0.39, 0.29) is 12.0 Å². The van der Waals surface area contributed by atoms with Crippen LogP contribution >= 0.6 is 23.1 Å². The van der Waals surface area contributed by atoms with E-state index in [9.17, 15) is 4.79 Å². The van der Waals surface area contributed by atoms with Crippen molar-refractivity contribution in [1.29, 1.82) is 0 Å². The Morgan fingerprint density at radius 2 is 2.40 bits per heavy atom. The van der Waals surface area contributed by atoms with Gasteiger partial charge in [0.05, 0.1) is 16.7 Å². The highest BCUT2D eigenvalue weighted by Crippen LogP contribution is 2.44. The molecule has 112 valence electrons. The number of hydrogen-bond acceptors (Lipinski definition) is 6. The molecule has 1 fully saturated rings. The Morgan fingerprint density at radius 1 is 1.65 bits per heavy atom. The van der Waals surface area contributed by atoms with Crippen LogP contribution in [0.15, 0.2) is 4.90 Å². The van der Waals surface area contributed by atoms with E-state index in [1.807, 2.05) is 13.2 Å². The van der Waals surface area contributed by atoms with Crippen molar-refractivity contribution in [2.24, 2.45) is 0 Å². The highest BCUT2D eigenvalue weighted by molar-refractivity contribution is 7.99. The number of nitrogens with zero attached hydrogens (tertiary/aromatic N) is 1. The molecule has 5 nitrogen and oxygen atoms in total. The molecule has 2 heterocycles. The number of carbonyl (C=O) groups excluding carboxylic acids is 1. The predicted octanol–water partition coefficient (Wildman–Crippen LogP) is 2.03. The van der Waals surface area contributed by atoms with E-state index in [0.717, 1.165) is 29.4 Å². The number of thioether (sulfide) groups is 1. The molecule has 1 amide bonds. The molecule has 7 heteroatoms. The van der Waals surface area contributed by atoms with Gasteiger partial charge in [0.1, 0.15) is 9.88 Å². The van der Waals surface area contributed by atoms with Crippen molar-refractivity contribution in [3.05, 3.63) is 4.88 Å². The maximum absolute atomic E-state index is 12.0. The fourth-order valence-electron chi connectivity index (χ4n) is 2.34. The monoisotopic (exact) mass is 315 g/mol. The van der Waals surface area contributed by atoms with Crippen LogP contribution in [0.2, 0.25) is 0 Å². The molecule has 3 N–H and O–H groups in total. The average Bonchev–Trinajstić information content (AvgIpc) is 3.02. The molecule has 1 aromatic heterocycles. The van der Waals surface area contributed by atoms with Crippen LogP contribution in [-0.4, -0.2) is 45.0 Å². The average molecular weight is 315 g/mol.